The minimum Gasteiger partial charge on any atom is -0.364 e. The molecule has 0 spiro atoms. The normalized spacial score (nSPS) is 12.9. The maximum atomic E-state index is 12.4. The number of hydrogen-bond donors (Lipinski definition) is 1. The van der Waals surface area contributed by atoms with Gasteiger partial charge in [0.25, 0.3) is 5.56 Å². The molecule has 0 unspecified atom stereocenters. The van der Waals surface area contributed by atoms with Crippen molar-refractivity contribution in [1.82, 2.24) is 15.0 Å². The molecule has 0 amide bonds. The number of H-pyrrole nitrogens is 1. The Balaban J connectivity index is 1.88. The van der Waals surface area contributed by atoms with Crippen LogP contribution < -0.4 is 5.56 Å². The number of rotatable bonds is 5. The van der Waals surface area contributed by atoms with Gasteiger partial charge in [-0.15, -0.1) is 11.8 Å². The first-order chi connectivity index (χ1) is 11.1. The predicted molar refractivity (Wildman–Crippen MR) is 92.7 cm³/mol. The van der Waals surface area contributed by atoms with Gasteiger partial charge in [-0.2, -0.15) is 0 Å². The lowest BCUT2D eigenvalue weighted by atomic mass is 10.1. The summed E-state index contributed by atoms with van der Waals surface area (Å²) in [5.41, 5.74) is 2.43. The molecule has 3 aromatic rings. The van der Waals surface area contributed by atoms with Gasteiger partial charge in [-0.3, -0.25) is 9.69 Å². The smallest absolute Gasteiger partial charge is 0.252 e. The van der Waals surface area contributed by atoms with Crippen LogP contribution in [-0.2, 0) is 6.54 Å². The number of aromatic amines is 1. The van der Waals surface area contributed by atoms with E-state index in [4.69, 9.17) is 4.52 Å². The second-order valence-corrected chi connectivity index (χ2v) is 6.47. The zero-order chi connectivity index (χ0) is 16.4. The first-order valence-corrected chi connectivity index (χ1v) is 8.61. The Labute approximate surface area is 138 Å². The largest absolute Gasteiger partial charge is 0.364 e. The summed E-state index contributed by atoms with van der Waals surface area (Å²) in [6.07, 6.45) is 3.58. The van der Waals surface area contributed by atoms with Crippen LogP contribution in [0.4, 0.5) is 0 Å². The van der Waals surface area contributed by atoms with Crippen LogP contribution in [0.15, 0.2) is 50.8 Å². The molecule has 3 rings (SSSR count). The summed E-state index contributed by atoms with van der Waals surface area (Å²) in [5.74, 6) is 0. The average Bonchev–Trinajstić information content (AvgIpc) is 3.08. The van der Waals surface area contributed by atoms with E-state index in [0.29, 0.717) is 6.54 Å². The summed E-state index contributed by atoms with van der Waals surface area (Å²) in [4.78, 5) is 18.5. The van der Waals surface area contributed by atoms with E-state index in [1.165, 1.54) is 0 Å². The summed E-state index contributed by atoms with van der Waals surface area (Å²) in [5, 5.41) is 5.01. The standard InChI is InChI=1S/C17H19N3O2S/c1-11(15-6-7-22-19-15)20(2)10-13-8-12-4-5-14(23-3)9-16(12)18-17(13)21/h4-9,11H,10H2,1-3H3,(H,18,21)/t11-/m1/s1. The number of aromatic nitrogens is 2. The Morgan fingerprint density at radius 2 is 2.17 bits per heavy atom. The third-order valence-electron chi connectivity index (χ3n) is 4.10. The lowest BCUT2D eigenvalue weighted by Gasteiger charge is -2.22. The SMILES string of the molecule is CSc1ccc2cc(CN(C)[C@H](C)c3ccon3)c(=O)[nH]c2c1. The van der Waals surface area contributed by atoms with Crippen molar-refractivity contribution in [2.75, 3.05) is 13.3 Å². The van der Waals surface area contributed by atoms with Crippen molar-refractivity contribution in [1.29, 1.82) is 0 Å². The number of benzene rings is 1. The molecule has 0 aliphatic heterocycles. The summed E-state index contributed by atoms with van der Waals surface area (Å²) in [6.45, 7) is 2.58. The fourth-order valence-electron chi connectivity index (χ4n) is 2.54. The molecule has 6 heteroatoms. The minimum atomic E-state index is -0.0463. The van der Waals surface area contributed by atoms with Gasteiger partial charge < -0.3 is 9.51 Å². The lowest BCUT2D eigenvalue weighted by molar-refractivity contribution is 0.240. The minimum absolute atomic E-state index is 0.0463. The van der Waals surface area contributed by atoms with Crippen molar-refractivity contribution in [3.63, 3.8) is 0 Å². The van der Waals surface area contributed by atoms with Crippen LogP contribution in [0.2, 0.25) is 0 Å². The highest BCUT2D eigenvalue weighted by Crippen LogP contribution is 2.22. The van der Waals surface area contributed by atoms with E-state index >= 15 is 0 Å². The van der Waals surface area contributed by atoms with Crippen LogP contribution in [0.1, 0.15) is 24.2 Å². The van der Waals surface area contributed by atoms with Gasteiger partial charge in [-0.25, -0.2) is 0 Å². The third-order valence-corrected chi connectivity index (χ3v) is 4.82. The highest BCUT2D eigenvalue weighted by atomic mass is 32.2. The molecule has 0 aliphatic rings. The summed E-state index contributed by atoms with van der Waals surface area (Å²) >= 11 is 1.66. The van der Waals surface area contributed by atoms with Crippen LogP contribution in [0.25, 0.3) is 10.9 Å². The van der Waals surface area contributed by atoms with E-state index < -0.39 is 0 Å². The van der Waals surface area contributed by atoms with Crippen molar-refractivity contribution in [2.24, 2.45) is 0 Å². The molecule has 0 saturated heterocycles. The molecule has 0 bridgehead atoms. The summed E-state index contributed by atoms with van der Waals surface area (Å²) in [6, 6.07) is 9.99. The zero-order valence-corrected chi connectivity index (χ0v) is 14.2. The molecule has 1 N–H and O–H groups in total. The summed E-state index contributed by atoms with van der Waals surface area (Å²) < 4.78 is 4.89. The molecule has 5 nitrogen and oxygen atoms in total. The predicted octanol–water partition coefficient (Wildman–Crippen LogP) is 3.43. The average molecular weight is 329 g/mol. The van der Waals surface area contributed by atoms with Gasteiger partial charge in [-0.1, -0.05) is 11.2 Å². The number of fused-ring (bicyclic) bond motifs is 1. The number of hydrogen-bond acceptors (Lipinski definition) is 5. The Hall–Kier alpha value is -2.05. The van der Waals surface area contributed by atoms with E-state index in [1.807, 2.05) is 44.5 Å². The molecule has 120 valence electrons. The van der Waals surface area contributed by atoms with E-state index in [2.05, 4.69) is 21.1 Å². The van der Waals surface area contributed by atoms with E-state index in [9.17, 15) is 4.79 Å². The maximum absolute atomic E-state index is 12.4. The van der Waals surface area contributed by atoms with E-state index in [0.717, 1.165) is 27.1 Å². The van der Waals surface area contributed by atoms with E-state index in [-0.39, 0.29) is 11.6 Å². The van der Waals surface area contributed by atoms with Crippen LogP contribution in [0.3, 0.4) is 0 Å². The van der Waals surface area contributed by atoms with Gasteiger partial charge >= 0.3 is 0 Å². The Morgan fingerprint density at radius 1 is 1.35 bits per heavy atom. The zero-order valence-electron chi connectivity index (χ0n) is 13.4. The Kier molecular flexibility index (Phi) is 4.54. The first kappa shape index (κ1) is 15.8. The first-order valence-electron chi connectivity index (χ1n) is 7.39. The van der Waals surface area contributed by atoms with Gasteiger partial charge in [0.2, 0.25) is 0 Å². The molecule has 0 aliphatic carbocycles. The summed E-state index contributed by atoms with van der Waals surface area (Å²) in [7, 11) is 1.97. The second kappa shape index (κ2) is 6.60. The number of thioether (sulfide) groups is 1. The second-order valence-electron chi connectivity index (χ2n) is 5.59. The molecule has 0 saturated carbocycles. The van der Waals surface area contributed by atoms with Crippen molar-refractivity contribution in [2.45, 2.75) is 24.4 Å². The Bertz CT molecular complexity index is 858. The molecule has 0 fully saturated rings. The monoisotopic (exact) mass is 329 g/mol. The van der Waals surface area contributed by atoms with Crippen LogP contribution in [0.5, 0.6) is 0 Å². The van der Waals surface area contributed by atoms with Gasteiger partial charge in [0, 0.05) is 28.6 Å². The van der Waals surface area contributed by atoms with Crippen LogP contribution >= 0.6 is 11.8 Å². The van der Waals surface area contributed by atoms with Crippen molar-refractivity contribution in [3.05, 3.63) is 58.2 Å². The fourth-order valence-corrected chi connectivity index (χ4v) is 2.98. The molecule has 1 aromatic carbocycles. The molecule has 0 radical (unpaired) electrons. The van der Waals surface area contributed by atoms with Gasteiger partial charge in [0.15, 0.2) is 0 Å². The maximum Gasteiger partial charge on any atom is 0.252 e. The van der Waals surface area contributed by atoms with Crippen LogP contribution in [-0.4, -0.2) is 28.3 Å². The lowest BCUT2D eigenvalue weighted by Crippen LogP contribution is -2.26. The van der Waals surface area contributed by atoms with Crippen molar-refractivity contribution < 1.29 is 4.52 Å². The molecular weight excluding hydrogens is 310 g/mol. The van der Waals surface area contributed by atoms with Crippen molar-refractivity contribution >= 4 is 22.7 Å². The molecule has 2 heterocycles. The Morgan fingerprint density at radius 3 is 2.87 bits per heavy atom. The number of nitrogens with one attached hydrogen (secondary N) is 1. The number of pyridine rings is 1. The van der Waals surface area contributed by atoms with Crippen LogP contribution in [0, 0.1) is 0 Å². The van der Waals surface area contributed by atoms with Gasteiger partial charge in [0.1, 0.15) is 12.0 Å². The van der Waals surface area contributed by atoms with Gasteiger partial charge in [0.05, 0.1) is 6.04 Å². The quantitative estimate of drug-likeness (QED) is 0.727. The molecule has 23 heavy (non-hydrogen) atoms. The number of nitrogens with zero attached hydrogens (tertiary/aromatic N) is 2. The highest BCUT2D eigenvalue weighted by Gasteiger charge is 2.16. The van der Waals surface area contributed by atoms with Crippen molar-refractivity contribution in [3.8, 4) is 0 Å². The third kappa shape index (κ3) is 3.33. The molecule has 1 atom stereocenters. The topological polar surface area (TPSA) is 62.1 Å². The van der Waals surface area contributed by atoms with Gasteiger partial charge in [-0.05, 0) is 43.8 Å². The molecular formula is C17H19N3O2S. The van der Waals surface area contributed by atoms with E-state index in [1.54, 1.807) is 18.0 Å². The molecule has 2 aromatic heterocycles. The fraction of sp³-hybridized carbons (Fsp3) is 0.294. The highest BCUT2D eigenvalue weighted by molar-refractivity contribution is 7.98.